The molecule has 0 saturated heterocycles. The van der Waals surface area contributed by atoms with Gasteiger partial charge in [0.25, 0.3) is 0 Å². The number of rotatable bonds is 5. The first-order valence-electron chi connectivity index (χ1n) is 4.29. The largest absolute Gasteiger partial charge is 0.493 e. The third kappa shape index (κ3) is 2.73. The molecule has 1 aromatic carbocycles. The molecule has 0 heterocycles. The fourth-order valence-electron chi connectivity index (χ4n) is 1.12. The highest BCUT2D eigenvalue weighted by molar-refractivity contribution is 6.31. The van der Waals surface area contributed by atoms with Crippen molar-refractivity contribution in [1.29, 1.82) is 0 Å². The summed E-state index contributed by atoms with van der Waals surface area (Å²) in [6, 6.07) is 3.11. The smallest absolute Gasteiger partial charge is 0.172 e. The van der Waals surface area contributed by atoms with Crippen LogP contribution < -0.4 is 9.47 Å². The maximum atomic E-state index is 10.8. The van der Waals surface area contributed by atoms with E-state index in [1.807, 2.05) is 0 Å². The minimum absolute atomic E-state index is 0.304. The SMILES string of the molecule is C=CCOc1c(C=O)cc(Cl)cc1OC. The molecule has 3 nitrogen and oxygen atoms in total. The third-order valence-corrected chi connectivity index (χ3v) is 1.96. The summed E-state index contributed by atoms with van der Waals surface area (Å²) < 4.78 is 10.4. The number of carbonyl (C=O) groups excluding carboxylic acids is 1. The van der Waals surface area contributed by atoms with Gasteiger partial charge in [0.05, 0.1) is 12.7 Å². The average Bonchev–Trinajstić information content (AvgIpc) is 2.26. The van der Waals surface area contributed by atoms with E-state index >= 15 is 0 Å². The fraction of sp³-hybridized carbons (Fsp3) is 0.182. The predicted molar refractivity (Wildman–Crippen MR) is 59.1 cm³/mol. The van der Waals surface area contributed by atoms with E-state index in [0.29, 0.717) is 35.0 Å². The summed E-state index contributed by atoms with van der Waals surface area (Å²) in [4.78, 5) is 10.8. The van der Waals surface area contributed by atoms with E-state index in [0.717, 1.165) is 0 Å². The summed E-state index contributed by atoms with van der Waals surface area (Å²) in [6.45, 7) is 3.83. The second kappa shape index (κ2) is 5.41. The van der Waals surface area contributed by atoms with Gasteiger partial charge in [-0.2, -0.15) is 0 Å². The Morgan fingerprint density at radius 3 is 2.80 bits per heavy atom. The lowest BCUT2D eigenvalue weighted by Gasteiger charge is -2.11. The van der Waals surface area contributed by atoms with Crippen molar-refractivity contribution in [3.8, 4) is 11.5 Å². The molecular weight excluding hydrogens is 216 g/mol. The van der Waals surface area contributed by atoms with Crippen molar-refractivity contribution >= 4 is 17.9 Å². The Hall–Kier alpha value is -1.48. The lowest BCUT2D eigenvalue weighted by molar-refractivity contribution is 0.111. The summed E-state index contributed by atoms with van der Waals surface area (Å²) in [5.41, 5.74) is 0.362. The maximum Gasteiger partial charge on any atom is 0.172 e. The van der Waals surface area contributed by atoms with Crippen molar-refractivity contribution in [2.45, 2.75) is 0 Å². The number of aldehydes is 1. The van der Waals surface area contributed by atoms with E-state index in [4.69, 9.17) is 21.1 Å². The molecule has 0 fully saturated rings. The standard InChI is InChI=1S/C11H11ClO3/c1-3-4-15-11-8(7-13)5-9(12)6-10(11)14-2/h3,5-7H,1,4H2,2H3. The molecule has 0 aliphatic carbocycles. The Labute approximate surface area is 93.3 Å². The highest BCUT2D eigenvalue weighted by Gasteiger charge is 2.11. The molecule has 80 valence electrons. The van der Waals surface area contributed by atoms with Crippen molar-refractivity contribution in [3.63, 3.8) is 0 Å². The van der Waals surface area contributed by atoms with Crippen LogP contribution in [0.15, 0.2) is 24.8 Å². The highest BCUT2D eigenvalue weighted by atomic mass is 35.5. The number of halogens is 1. The number of hydrogen-bond donors (Lipinski definition) is 0. The van der Waals surface area contributed by atoms with Crippen molar-refractivity contribution in [3.05, 3.63) is 35.4 Å². The zero-order chi connectivity index (χ0) is 11.3. The Morgan fingerprint density at radius 2 is 2.27 bits per heavy atom. The number of carbonyl (C=O) groups is 1. The minimum atomic E-state index is 0.304. The topological polar surface area (TPSA) is 35.5 Å². The molecule has 0 bridgehead atoms. The first-order chi connectivity index (χ1) is 7.22. The van der Waals surface area contributed by atoms with E-state index in [2.05, 4.69) is 6.58 Å². The second-order valence-electron chi connectivity index (χ2n) is 2.74. The van der Waals surface area contributed by atoms with E-state index in [1.165, 1.54) is 13.2 Å². The molecule has 0 atom stereocenters. The van der Waals surface area contributed by atoms with Crippen LogP contribution in [0.5, 0.6) is 11.5 Å². The molecule has 0 aliphatic rings. The fourth-order valence-corrected chi connectivity index (χ4v) is 1.34. The van der Waals surface area contributed by atoms with Gasteiger partial charge in [0.15, 0.2) is 17.8 Å². The first-order valence-corrected chi connectivity index (χ1v) is 4.67. The second-order valence-corrected chi connectivity index (χ2v) is 3.18. The Kier molecular flexibility index (Phi) is 4.18. The quantitative estimate of drug-likeness (QED) is 0.572. The highest BCUT2D eigenvalue weighted by Crippen LogP contribution is 2.33. The molecule has 0 aliphatic heterocycles. The van der Waals surface area contributed by atoms with Gasteiger partial charge in [0.2, 0.25) is 0 Å². The van der Waals surface area contributed by atoms with Gasteiger partial charge in [-0.3, -0.25) is 4.79 Å². The van der Waals surface area contributed by atoms with Crippen molar-refractivity contribution in [1.82, 2.24) is 0 Å². The number of benzene rings is 1. The number of ether oxygens (including phenoxy) is 2. The van der Waals surface area contributed by atoms with Crippen LogP contribution in [-0.4, -0.2) is 20.0 Å². The Bertz CT molecular complexity index is 374. The lowest BCUT2D eigenvalue weighted by Crippen LogP contribution is -2.00. The van der Waals surface area contributed by atoms with Gasteiger partial charge in [0.1, 0.15) is 6.61 Å². The number of methoxy groups -OCH3 is 1. The van der Waals surface area contributed by atoms with Crippen molar-refractivity contribution in [2.75, 3.05) is 13.7 Å². The van der Waals surface area contributed by atoms with E-state index in [9.17, 15) is 4.79 Å². The maximum absolute atomic E-state index is 10.8. The minimum Gasteiger partial charge on any atom is -0.493 e. The molecule has 15 heavy (non-hydrogen) atoms. The first kappa shape index (κ1) is 11.6. The molecule has 4 heteroatoms. The van der Waals surface area contributed by atoms with Gasteiger partial charge in [-0.25, -0.2) is 0 Å². The summed E-state index contributed by atoms with van der Waals surface area (Å²) in [5.74, 6) is 0.822. The molecule has 0 aromatic heterocycles. The van der Waals surface area contributed by atoms with Gasteiger partial charge in [-0.1, -0.05) is 24.3 Å². The molecule has 0 spiro atoms. The van der Waals surface area contributed by atoms with Crippen LogP contribution in [0.3, 0.4) is 0 Å². The molecule has 0 unspecified atom stereocenters. The monoisotopic (exact) mass is 226 g/mol. The van der Waals surface area contributed by atoms with Gasteiger partial charge >= 0.3 is 0 Å². The molecule has 0 saturated carbocycles. The zero-order valence-electron chi connectivity index (χ0n) is 8.33. The van der Waals surface area contributed by atoms with Gasteiger partial charge in [0, 0.05) is 11.1 Å². The Morgan fingerprint density at radius 1 is 1.53 bits per heavy atom. The summed E-state index contributed by atoms with van der Waals surface area (Å²) in [6.07, 6.45) is 2.26. The van der Waals surface area contributed by atoms with Crippen molar-refractivity contribution < 1.29 is 14.3 Å². The van der Waals surface area contributed by atoms with Crippen LogP contribution in [0, 0.1) is 0 Å². The summed E-state index contributed by atoms with van der Waals surface area (Å²) in [7, 11) is 1.49. The zero-order valence-corrected chi connectivity index (χ0v) is 9.08. The van der Waals surface area contributed by atoms with E-state index < -0.39 is 0 Å². The summed E-state index contributed by atoms with van der Waals surface area (Å²) in [5, 5.41) is 0.430. The average molecular weight is 227 g/mol. The van der Waals surface area contributed by atoms with Crippen LogP contribution in [0.25, 0.3) is 0 Å². The van der Waals surface area contributed by atoms with Crippen LogP contribution in [0.2, 0.25) is 5.02 Å². The van der Waals surface area contributed by atoms with E-state index in [1.54, 1.807) is 12.1 Å². The van der Waals surface area contributed by atoms with Crippen LogP contribution >= 0.6 is 11.6 Å². The predicted octanol–water partition coefficient (Wildman–Crippen LogP) is 2.73. The molecular formula is C11H11ClO3. The van der Waals surface area contributed by atoms with Crippen LogP contribution in [0.1, 0.15) is 10.4 Å². The van der Waals surface area contributed by atoms with Crippen LogP contribution in [0.4, 0.5) is 0 Å². The van der Waals surface area contributed by atoms with Crippen LogP contribution in [-0.2, 0) is 0 Å². The van der Waals surface area contributed by atoms with Crippen molar-refractivity contribution in [2.24, 2.45) is 0 Å². The molecule has 1 aromatic rings. The lowest BCUT2D eigenvalue weighted by atomic mass is 10.2. The molecule has 0 N–H and O–H groups in total. The molecule has 0 amide bonds. The van der Waals surface area contributed by atoms with Gasteiger partial charge in [-0.05, 0) is 6.07 Å². The molecule has 0 radical (unpaired) electrons. The Balaban J connectivity index is 3.17. The molecule has 1 rings (SSSR count). The van der Waals surface area contributed by atoms with Gasteiger partial charge < -0.3 is 9.47 Å². The number of hydrogen-bond acceptors (Lipinski definition) is 3. The van der Waals surface area contributed by atoms with E-state index in [-0.39, 0.29) is 0 Å². The normalized spacial score (nSPS) is 9.47. The third-order valence-electron chi connectivity index (χ3n) is 1.74. The van der Waals surface area contributed by atoms with Gasteiger partial charge in [-0.15, -0.1) is 0 Å². The summed E-state index contributed by atoms with van der Waals surface area (Å²) >= 11 is 5.80.